The Labute approximate surface area is 150 Å². The third-order valence-corrected chi connectivity index (χ3v) is 6.85. The molecule has 0 bridgehead atoms. The van der Waals surface area contributed by atoms with E-state index in [0.29, 0.717) is 18.0 Å². The Morgan fingerprint density at radius 3 is 2.20 bits per heavy atom. The van der Waals surface area contributed by atoms with Gasteiger partial charge in [-0.25, -0.2) is 8.42 Å². The molecule has 1 fully saturated rings. The maximum Gasteiger partial charge on any atom is 0.243 e. The first kappa shape index (κ1) is 18.0. The largest absolute Gasteiger partial charge is 0.295 e. The van der Waals surface area contributed by atoms with E-state index < -0.39 is 10.0 Å². The number of aryl methyl sites for hydroxylation is 3. The second kappa shape index (κ2) is 7.23. The summed E-state index contributed by atoms with van der Waals surface area (Å²) in [6.07, 6.45) is 1.79. The summed E-state index contributed by atoms with van der Waals surface area (Å²) >= 11 is 0. The molecule has 0 radical (unpaired) electrons. The Balaban J connectivity index is 1.72. The molecule has 0 amide bonds. The normalized spacial score (nSPS) is 16.9. The molecule has 3 rings (SSSR count). The molecular weight excluding hydrogens is 334 g/mol. The highest BCUT2D eigenvalue weighted by molar-refractivity contribution is 7.89. The van der Waals surface area contributed by atoms with Crippen LogP contribution in [0.1, 0.15) is 22.4 Å². The zero-order valence-corrected chi connectivity index (χ0v) is 15.9. The van der Waals surface area contributed by atoms with E-state index in [1.54, 1.807) is 10.5 Å². The van der Waals surface area contributed by atoms with Gasteiger partial charge in [0.2, 0.25) is 10.0 Å². The fraction of sp³-hybridized carbons (Fsp3) is 0.421. The van der Waals surface area contributed by atoms with Crippen molar-refractivity contribution >= 4 is 10.0 Å². The summed E-state index contributed by atoms with van der Waals surface area (Å²) in [7, 11) is -3.45. The van der Waals surface area contributed by atoms with Crippen molar-refractivity contribution in [3.63, 3.8) is 0 Å². The van der Waals surface area contributed by atoms with Crippen LogP contribution in [0.4, 0.5) is 0 Å². The van der Waals surface area contributed by atoms with E-state index in [9.17, 15) is 8.42 Å². The lowest BCUT2D eigenvalue weighted by Gasteiger charge is -2.34. The smallest absolute Gasteiger partial charge is 0.243 e. The summed E-state index contributed by atoms with van der Waals surface area (Å²) in [6.45, 7) is 8.99. The Morgan fingerprint density at radius 2 is 1.64 bits per heavy atom. The standard InChI is InChI=1S/C19H25N3O2S/c1-15-12-16(2)19(17(3)13-15)25(23,24)22-10-8-21(9-11-22)14-18-6-4-5-7-20-18/h4-7,12-13H,8-11,14H2,1-3H3. The van der Waals surface area contributed by atoms with Gasteiger partial charge in [-0.05, 0) is 44.0 Å². The van der Waals surface area contributed by atoms with Gasteiger partial charge in [0.1, 0.15) is 0 Å². The first-order valence-electron chi connectivity index (χ1n) is 8.58. The molecule has 0 unspecified atom stereocenters. The predicted octanol–water partition coefficient (Wildman–Crippen LogP) is 2.51. The lowest BCUT2D eigenvalue weighted by molar-refractivity contribution is 0.180. The zero-order valence-electron chi connectivity index (χ0n) is 15.1. The van der Waals surface area contributed by atoms with Gasteiger partial charge in [0.15, 0.2) is 0 Å². The number of benzene rings is 1. The SMILES string of the molecule is Cc1cc(C)c(S(=O)(=O)N2CCN(Cc3ccccn3)CC2)c(C)c1. The Kier molecular flexibility index (Phi) is 5.22. The molecule has 25 heavy (non-hydrogen) atoms. The third kappa shape index (κ3) is 3.92. The molecule has 0 N–H and O–H groups in total. The number of hydrogen-bond acceptors (Lipinski definition) is 4. The molecule has 2 heterocycles. The molecule has 0 aliphatic carbocycles. The maximum atomic E-state index is 13.1. The molecule has 1 aromatic heterocycles. The van der Waals surface area contributed by atoms with Crippen LogP contribution >= 0.6 is 0 Å². The van der Waals surface area contributed by atoms with Crippen molar-refractivity contribution in [3.8, 4) is 0 Å². The van der Waals surface area contributed by atoms with Crippen LogP contribution in [-0.4, -0.2) is 48.8 Å². The Hall–Kier alpha value is -1.76. The van der Waals surface area contributed by atoms with Crippen LogP contribution in [0.2, 0.25) is 0 Å². The molecule has 1 aromatic carbocycles. The average Bonchev–Trinajstić information content (AvgIpc) is 2.55. The molecular formula is C19H25N3O2S. The molecule has 2 aromatic rings. The first-order chi connectivity index (χ1) is 11.9. The second-order valence-corrected chi connectivity index (χ2v) is 8.60. The van der Waals surface area contributed by atoms with Crippen LogP contribution in [0.25, 0.3) is 0 Å². The number of piperazine rings is 1. The van der Waals surface area contributed by atoms with E-state index in [1.165, 1.54) is 0 Å². The summed E-state index contributed by atoms with van der Waals surface area (Å²) < 4.78 is 27.8. The highest BCUT2D eigenvalue weighted by Crippen LogP contribution is 2.26. The van der Waals surface area contributed by atoms with Gasteiger partial charge in [-0.2, -0.15) is 4.31 Å². The quantitative estimate of drug-likeness (QED) is 0.842. The summed E-state index contributed by atoms with van der Waals surface area (Å²) in [5.41, 5.74) is 3.76. The third-order valence-electron chi connectivity index (χ3n) is 4.65. The first-order valence-corrected chi connectivity index (χ1v) is 10.0. The summed E-state index contributed by atoms with van der Waals surface area (Å²) in [5, 5.41) is 0. The van der Waals surface area contributed by atoms with Crippen molar-refractivity contribution < 1.29 is 8.42 Å². The number of pyridine rings is 1. The van der Waals surface area contributed by atoms with Crippen LogP contribution in [0.15, 0.2) is 41.4 Å². The number of nitrogens with zero attached hydrogens (tertiary/aromatic N) is 3. The van der Waals surface area contributed by atoms with Crippen molar-refractivity contribution in [1.29, 1.82) is 0 Å². The van der Waals surface area contributed by atoms with Gasteiger partial charge >= 0.3 is 0 Å². The van der Waals surface area contributed by atoms with Gasteiger partial charge in [-0.15, -0.1) is 0 Å². The van der Waals surface area contributed by atoms with E-state index in [0.717, 1.165) is 42.0 Å². The van der Waals surface area contributed by atoms with E-state index in [4.69, 9.17) is 0 Å². The fourth-order valence-corrected chi connectivity index (χ4v) is 5.39. The highest BCUT2D eigenvalue weighted by Gasteiger charge is 2.30. The predicted molar refractivity (Wildman–Crippen MR) is 98.9 cm³/mol. The molecule has 1 saturated heterocycles. The molecule has 0 saturated carbocycles. The van der Waals surface area contributed by atoms with Crippen LogP contribution in [0.5, 0.6) is 0 Å². The second-order valence-electron chi connectivity index (χ2n) is 6.73. The number of sulfonamides is 1. The summed E-state index contributed by atoms with van der Waals surface area (Å²) in [4.78, 5) is 7.07. The van der Waals surface area contributed by atoms with Crippen LogP contribution in [-0.2, 0) is 16.6 Å². The topological polar surface area (TPSA) is 53.5 Å². The summed E-state index contributed by atoms with van der Waals surface area (Å²) in [6, 6.07) is 9.77. The lowest BCUT2D eigenvalue weighted by Crippen LogP contribution is -2.48. The van der Waals surface area contributed by atoms with Gasteiger partial charge in [-0.1, -0.05) is 23.8 Å². The van der Waals surface area contributed by atoms with Crippen molar-refractivity contribution in [2.75, 3.05) is 26.2 Å². The molecule has 5 nitrogen and oxygen atoms in total. The van der Waals surface area contributed by atoms with Gasteiger partial charge in [0.05, 0.1) is 10.6 Å². The molecule has 1 aliphatic heterocycles. The maximum absolute atomic E-state index is 13.1. The van der Waals surface area contributed by atoms with Crippen LogP contribution in [0.3, 0.4) is 0 Å². The van der Waals surface area contributed by atoms with Crippen molar-refractivity contribution in [1.82, 2.24) is 14.2 Å². The Bertz CT molecular complexity index is 819. The number of aromatic nitrogens is 1. The minimum Gasteiger partial charge on any atom is -0.295 e. The van der Waals surface area contributed by atoms with Gasteiger partial charge in [0.25, 0.3) is 0 Å². The van der Waals surface area contributed by atoms with Crippen molar-refractivity contribution in [2.45, 2.75) is 32.2 Å². The van der Waals surface area contributed by atoms with Gasteiger partial charge < -0.3 is 0 Å². The van der Waals surface area contributed by atoms with Crippen molar-refractivity contribution in [3.05, 3.63) is 58.9 Å². The minimum atomic E-state index is -3.45. The average molecular weight is 359 g/mol. The molecule has 0 spiro atoms. The molecule has 134 valence electrons. The van der Waals surface area contributed by atoms with E-state index in [-0.39, 0.29) is 0 Å². The molecule has 0 atom stereocenters. The molecule has 6 heteroatoms. The molecule has 1 aliphatic rings. The van der Waals surface area contributed by atoms with Crippen LogP contribution < -0.4 is 0 Å². The number of rotatable bonds is 4. The minimum absolute atomic E-state index is 0.469. The van der Waals surface area contributed by atoms with E-state index >= 15 is 0 Å². The summed E-state index contributed by atoms with van der Waals surface area (Å²) in [5.74, 6) is 0. The van der Waals surface area contributed by atoms with E-state index in [2.05, 4.69) is 9.88 Å². The van der Waals surface area contributed by atoms with Gasteiger partial charge in [-0.3, -0.25) is 9.88 Å². The number of hydrogen-bond donors (Lipinski definition) is 0. The van der Waals surface area contributed by atoms with Gasteiger partial charge in [0, 0.05) is 38.9 Å². The monoisotopic (exact) mass is 359 g/mol. The van der Waals surface area contributed by atoms with Crippen molar-refractivity contribution in [2.24, 2.45) is 0 Å². The highest BCUT2D eigenvalue weighted by atomic mass is 32.2. The fourth-order valence-electron chi connectivity index (χ4n) is 3.55. The van der Waals surface area contributed by atoms with Crippen LogP contribution in [0, 0.1) is 20.8 Å². The Morgan fingerprint density at radius 1 is 1.00 bits per heavy atom. The van der Waals surface area contributed by atoms with E-state index in [1.807, 2.05) is 51.1 Å². The zero-order chi connectivity index (χ0) is 18.0. The lowest BCUT2D eigenvalue weighted by atomic mass is 10.1.